The number of hydrogen-bond donors (Lipinski definition) is 1. The van der Waals surface area contributed by atoms with Crippen LogP contribution in [0.15, 0.2) is 146 Å². The Labute approximate surface area is 269 Å². The van der Waals surface area contributed by atoms with Crippen LogP contribution >= 0.6 is 19.1 Å². The van der Waals surface area contributed by atoms with E-state index in [9.17, 15) is 9.59 Å². The Morgan fingerprint density at radius 2 is 1.20 bits per heavy atom. The number of carbonyl (C=O) groups excluding carboxylic acids is 2. The van der Waals surface area contributed by atoms with E-state index in [2.05, 4.69) is 36.4 Å². The first-order valence-electron chi connectivity index (χ1n) is 14.8. The van der Waals surface area contributed by atoms with Gasteiger partial charge in [0.05, 0.1) is 6.04 Å². The molecule has 0 spiro atoms. The summed E-state index contributed by atoms with van der Waals surface area (Å²) < 4.78 is 6.13. The van der Waals surface area contributed by atoms with Crippen molar-refractivity contribution in [3.8, 4) is 0 Å². The maximum absolute atomic E-state index is 14.7. The molecule has 0 aliphatic carbocycles. The molecule has 1 unspecified atom stereocenters. The monoisotopic (exact) mass is 628 g/mol. The Balaban J connectivity index is 1.59. The smallest absolute Gasteiger partial charge is 0.356 e. The van der Waals surface area contributed by atoms with Crippen LogP contribution in [0, 0.1) is 0 Å². The molecule has 1 saturated heterocycles. The van der Waals surface area contributed by atoms with E-state index in [0.29, 0.717) is 22.4 Å². The number of ether oxygens (including phenoxy) is 1. The molecule has 224 valence electrons. The van der Waals surface area contributed by atoms with E-state index >= 15 is 0 Å². The highest BCUT2D eigenvalue weighted by molar-refractivity contribution is 7.96. The van der Waals surface area contributed by atoms with Gasteiger partial charge in [-0.1, -0.05) is 146 Å². The van der Waals surface area contributed by atoms with Gasteiger partial charge >= 0.3 is 5.97 Å². The van der Waals surface area contributed by atoms with Crippen molar-refractivity contribution in [2.45, 2.75) is 25.5 Å². The SMILES string of the molecule is Nc1ccc(C(=S)CC2CC(=O)N2C(C(=O)OCc2ccccc2)=P(c2ccccc2)(c2ccccc2)c2ccccc2)cc1. The molecule has 1 amide bonds. The molecule has 1 aliphatic rings. The van der Waals surface area contributed by atoms with Crippen LogP contribution in [0.25, 0.3) is 0 Å². The van der Waals surface area contributed by atoms with Gasteiger partial charge in [0.1, 0.15) is 12.0 Å². The van der Waals surface area contributed by atoms with Gasteiger partial charge in [-0.15, -0.1) is 0 Å². The lowest BCUT2D eigenvalue weighted by Crippen LogP contribution is -2.60. The minimum atomic E-state index is -2.97. The number of thiocarbonyl (C=S) groups is 1. The topological polar surface area (TPSA) is 72.6 Å². The molecule has 1 aliphatic heterocycles. The van der Waals surface area contributed by atoms with Crippen LogP contribution in [0.5, 0.6) is 0 Å². The van der Waals surface area contributed by atoms with Gasteiger partial charge < -0.3 is 15.4 Å². The summed E-state index contributed by atoms with van der Waals surface area (Å²) in [6, 6.07) is 46.8. The molecule has 5 nitrogen and oxygen atoms in total. The summed E-state index contributed by atoms with van der Waals surface area (Å²) in [4.78, 5) is 30.9. The third-order valence-corrected chi connectivity index (χ3v) is 12.7. The van der Waals surface area contributed by atoms with E-state index in [-0.39, 0.29) is 25.0 Å². The summed E-state index contributed by atoms with van der Waals surface area (Å²) >= 11 is 5.88. The van der Waals surface area contributed by atoms with Crippen molar-refractivity contribution in [1.82, 2.24) is 4.90 Å². The number of amides is 1. The van der Waals surface area contributed by atoms with Gasteiger partial charge in [-0.25, -0.2) is 4.79 Å². The third-order valence-electron chi connectivity index (χ3n) is 8.07. The molecule has 0 saturated carbocycles. The Bertz CT molecular complexity index is 1760. The summed E-state index contributed by atoms with van der Waals surface area (Å²) in [6.45, 7) is -2.89. The molecule has 2 N–H and O–H groups in total. The number of carbonyl (C=O) groups is 2. The van der Waals surface area contributed by atoms with Crippen LogP contribution in [-0.4, -0.2) is 33.1 Å². The zero-order valence-electron chi connectivity index (χ0n) is 24.7. The Morgan fingerprint density at radius 1 is 0.733 bits per heavy atom. The number of benzene rings is 5. The maximum Gasteiger partial charge on any atom is 0.356 e. The van der Waals surface area contributed by atoms with Crippen molar-refractivity contribution >= 4 is 62.9 Å². The quantitative estimate of drug-likeness (QED) is 0.0525. The number of esters is 1. The van der Waals surface area contributed by atoms with Crippen LogP contribution in [0.4, 0.5) is 5.69 Å². The predicted octanol–water partition coefficient (Wildman–Crippen LogP) is 5.85. The first kappa shape index (κ1) is 30.3. The second-order valence-electron chi connectivity index (χ2n) is 10.9. The van der Waals surface area contributed by atoms with Crippen LogP contribution in [0.3, 0.4) is 0 Å². The zero-order chi connectivity index (χ0) is 31.2. The molecule has 7 heteroatoms. The third kappa shape index (κ3) is 6.12. The van der Waals surface area contributed by atoms with E-state index < -0.39 is 12.9 Å². The van der Waals surface area contributed by atoms with E-state index in [4.69, 9.17) is 22.7 Å². The predicted molar refractivity (Wildman–Crippen MR) is 189 cm³/mol. The summed E-state index contributed by atoms with van der Waals surface area (Å²) in [5, 5.41) is 2.86. The summed E-state index contributed by atoms with van der Waals surface area (Å²) in [6.07, 6.45) is 0.710. The van der Waals surface area contributed by atoms with Gasteiger partial charge in [0.2, 0.25) is 5.91 Å². The number of nitrogens with two attached hydrogens (primary N) is 1. The molecule has 1 heterocycles. The molecule has 0 bridgehead atoms. The molecule has 0 radical (unpaired) electrons. The van der Waals surface area contributed by atoms with Crippen molar-refractivity contribution in [3.63, 3.8) is 0 Å². The van der Waals surface area contributed by atoms with Crippen molar-refractivity contribution < 1.29 is 14.3 Å². The van der Waals surface area contributed by atoms with Crippen molar-refractivity contribution in [2.24, 2.45) is 0 Å². The maximum atomic E-state index is 14.7. The van der Waals surface area contributed by atoms with E-state index in [0.717, 1.165) is 27.0 Å². The first-order chi connectivity index (χ1) is 22.0. The lowest BCUT2D eigenvalue weighted by Gasteiger charge is -2.45. The van der Waals surface area contributed by atoms with Crippen molar-refractivity contribution in [3.05, 3.63) is 157 Å². The van der Waals surface area contributed by atoms with Gasteiger partial charge in [-0.2, -0.15) is 0 Å². The summed E-state index contributed by atoms with van der Waals surface area (Å²) in [5.74, 6) is -0.640. The summed E-state index contributed by atoms with van der Waals surface area (Å²) in [7, 11) is 0. The van der Waals surface area contributed by atoms with E-state index in [1.165, 1.54) is 0 Å². The number of nitrogen functional groups attached to an aromatic ring is 1. The van der Waals surface area contributed by atoms with Crippen molar-refractivity contribution in [2.75, 3.05) is 5.73 Å². The molecular formula is C38H33N2O3PS. The highest BCUT2D eigenvalue weighted by atomic mass is 32.1. The second-order valence-corrected chi connectivity index (χ2v) is 14.7. The molecule has 45 heavy (non-hydrogen) atoms. The van der Waals surface area contributed by atoms with Gasteiger partial charge in [0, 0.05) is 30.3 Å². The van der Waals surface area contributed by atoms with Crippen LogP contribution in [-0.2, 0) is 20.9 Å². The minimum absolute atomic E-state index is 0.0814. The van der Waals surface area contributed by atoms with E-state index in [1.54, 1.807) is 4.90 Å². The Hall–Kier alpha value is -4.77. The standard InChI is InChI=1S/C38H33N2O3PS/c39-30-23-21-29(22-24-30)35(45)25-31-26-36(41)40(31)37(38(42)43-27-28-13-5-1-6-14-28)44(32-15-7-2-8-16-32,33-17-9-3-10-18-33)34-19-11-4-12-20-34/h1-24,31H,25-27,39H2. The highest BCUT2D eigenvalue weighted by Crippen LogP contribution is 2.49. The molecule has 1 fully saturated rings. The van der Waals surface area contributed by atoms with Gasteiger partial charge in [0.15, 0.2) is 0 Å². The Morgan fingerprint density at radius 3 is 1.67 bits per heavy atom. The zero-order valence-corrected chi connectivity index (χ0v) is 26.4. The highest BCUT2D eigenvalue weighted by Gasteiger charge is 2.47. The van der Waals surface area contributed by atoms with Crippen LogP contribution < -0.4 is 21.6 Å². The number of likely N-dealkylation sites (tertiary alicyclic amines) is 1. The lowest BCUT2D eigenvalue weighted by atomic mass is 9.94. The molecular weight excluding hydrogens is 595 g/mol. The molecule has 6 rings (SSSR count). The van der Waals surface area contributed by atoms with Gasteiger partial charge in [-0.05, 0) is 39.2 Å². The largest absolute Gasteiger partial charge is 0.456 e. The fourth-order valence-corrected chi connectivity index (χ4v) is 10.6. The average molecular weight is 629 g/mol. The van der Waals surface area contributed by atoms with Crippen LogP contribution in [0.2, 0.25) is 0 Å². The van der Waals surface area contributed by atoms with Gasteiger partial charge in [-0.3, -0.25) is 4.79 Å². The molecule has 1 atom stereocenters. The number of hydrogen-bond acceptors (Lipinski definition) is 5. The van der Waals surface area contributed by atoms with Gasteiger partial charge in [0.25, 0.3) is 0 Å². The molecule has 5 aromatic rings. The molecule has 5 aromatic carbocycles. The average Bonchev–Trinajstić information content (AvgIpc) is 3.09. The lowest BCUT2D eigenvalue weighted by molar-refractivity contribution is -0.144. The number of nitrogens with zero attached hydrogens (tertiary/aromatic N) is 1. The number of β-lactam (4-membered cyclic amide) rings is 1. The molecule has 0 aromatic heterocycles. The summed E-state index contributed by atoms with van der Waals surface area (Å²) in [5.41, 5.74) is 8.68. The number of rotatable bonds is 10. The Kier molecular flexibility index (Phi) is 9.06. The van der Waals surface area contributed by atoms with Crippen LogP contribution in [0.1, 0.15) is 24.0 Å². The fraction of sp³-hybridized carbons (Fsp3) is 0.105. The minimum Gasteiger partial charge on any atom is -0.456 e. The van der Waals surface area contributed by atoms with E-state index in [1.807, 2.05) is 109 Å². The van der Waals surface area contributed by atoms with Crippen molar-refractivity contribution in [1.29, 1.82) is 0 Å². The normalized spacial score (nSPS) is 14.4. The fourth-order valence-electron chi connectivity index (χ4n) is 5.89. The number of anilines is 1. The first-order valence-corrected chi connectivity index (χ1v) is 17.0. The second kappa shape index (κ2) is 13.5.